The van der Waals surface area contributed by atoms with Gasteiger partial charge in [-0.25, -0.2) is 15.0 Å². The maximum absolute atomic E-state index is 6.75. The molecule has 57 heavy (non-hydrogen) atoms. The predicted molar refractivity (Wildman–Crippen MR) is 235 cm³/mol. The highest BCUT2D eigenvalue weighted by Crippen LogP contribution is 2.43. The van der Waals surface area contributed by atoms with Gasteiger partial charge in [0.25, 0.3) is 0 Å². The van der Waals surface area contributed by atoms with Crippen LogP contribution in [0.5, 0.6) is 0 Å². The molecule has 4 heteroatoms. The summed E-state index contributed by atoms with van der Waals surface area (Å²) in [6.07, 6.45) is 0. The quantitative estimate of drug-likeness (QED) is 0.160. The smallest absolute Gasteiger partial charge is 0.164 e. The zero-order valence-electron chi connectivity index (χ0n) is 30.8. The summed E-state index contributed by atoms with van der Waals surface area (Å²) < 4.78 is 6.75. The summed E-state index contributed by atoms with van der Waals surface area (Å²) in [4.78, 5) is 15.4. The average Bonchev–Trinajstić information content (AvgIpc) is 3.68. The van der Waals surface area contributed by atoms with E-state index < -0.39 is 0 Å². The Hall–Kier alpha value is -7.69. The second-order valence-electron chi connectivity index (χ2n) is 14.4. The van der Waals surface area contributed by atoms with Crippen LogP contribution in [0.1, 0.15) is 0 Å². The zero-order chi connectivity index (χ0) is 37.7. The number of hydrogen-bond acceptors (Lipinski definition) is 4. The molecule has 0 radical (unpaired) electrons. The highest BCUT2D eigenvalue weighted by molar-refractivity contribution is 6.16. The minimum atomic E-state index is 0.587. The average molecular weight is 728 g/mol. The molecule has 4 nitrogen and oxygen atoms in total. The van der Waals surface area contributed by atoms with Crippen molar-refractivity contribution < 1.29 is 4.42 Å². The first-order chi connectivity index (χ1) is 28.2. The van der Waals surface area contributed by atoms with Crippen LogP contribution < -0.4 is 0 Å². The van der Waals surface area contributed by atoms with Gasteiger partial charge in [0.2, 0.25) is 0 Å². The first-order valence-electron chi connectivity index (χ1n) is 19.2. The van der Waals surface area contributed by atoms with Crippen LogP contribution in [-0.4, -0.2) is 15.0 Å². The molecule has 266 valence electrons. The molecule has 9 aromatic carbocycles. The molecular weight excluding hydrogens is 695 g/mol. The molecule has 0 atom stereocenters. The van der Waals surface area contributed by atoms with Crippen LogP contribution in [0.2, 0.25) is 0 Å². The largest absolute Gasteiger partial charge is 0.455 e. The van der Waals surface area contributed by atoms with Crippen molar-refractivity contribution in [2.24, 2.45) is 0 Å². The molecule has 0 spiro atoms. The van der Waals surface area contributed by atoms with Gasteiger partial charge in [0.1, 0.15) is 11.2 Å². The molecule has 11 aromatic rings. The van der Waals surface area contributed by atoms with E-state index in [4.69, 9.17) is 19.4 Å². The molecule has 0 N–H and O–H groups in total. The minimum absolute atomic E-state index is 0.587. The number of benzene rings is 9. The normalized spacial score (nSPS) is 11.5. The van der Waals surface area contributed by atoms with Crippen LogP contribution in [0, 0.1) is 0 Å². The lowest BCUT2D eigenvalue weighted by Crippen LogP contribution is -2.00. The van der Waals surface area contributed by atoms with Gasteiger partial charge in [0, 0.05) is 33.0 Å². The maximum Gasteiger partial charge on any atom is 0.164 e. The van der Waals surface area contributed by atoms with E-state index in [0.717, 1.165) is 72.0 Å². The summed E-state index contributed by atoms with van der Waals surface area (Å²) in [6.45, 7) is 0. The van der Waals surface area contributed by atoms with Crippen LogP contribution in [0.3, 0.4) is 0 Å². The summed E-state index contributed by atoms with van der Waals surface area (Å²) >= 11 is 0. The Balaban J connectivity index is 1.07. The SMILES string of the molecule is c1ccc(-c2cc(-c3ccccc3)c3oc4cccc(-c5nc(-c6ccccc6)nc(-c6ccc(-c7ccc8c(ccc9ccccc98)c7)cc6)n5)c4c3c2)cc1. The first-order valence-corrected chi connectivity index (χ1v) is 19.2. The van der Waals surface area contributed by atoms with Gasteiger partial charge in [-0.3, -0.25) is 0 Å². The Labute approximate surface area is 329 Å². The van der Waals surface area contributed by atoms with Gasteiger partial charge in [0.05, 0.1) is 0 Å². The number of aromatic nitrogens is 3. The molecule has 0 fully saturated rings. The fourth-order valence-corrected chi connectivity index (χ4v) is 8.09. The van der Waals surface area contributed by atoms with Gasteiger partial charge in [-0.2, -0.15) is 0 Å². The van der Waals surface area contributed by atoms with Crippen molar-refractivity contribution >= 4 is 43.5 Å². The van der Waals surface area contributed by atoms with Crippen molar-refractivity contribution in [2.75, 3.05) is 0 Å². The Bertz CT molecular complexity index is 3260. The molecule has 0 aliphatic heterocycles. The van der Waals surface area contributed by atoms with E-state index in [2.05, 4.69) is 146 Å². The van der Waals surface area contributed by atoms with Gasteiger partial charge >= 0.3 is 0 Å². The van der Waals surface area contributed by atoms with Crippen LogP contribution >= 0.6 is 0 Å². The van der Waals surface area contributed by atoms with Crippen LogP contribution in [0.25, 0.3) is 111 Å². The van der Waals surface area contributed by atoms with Gasteiger partial charge < -0.3 is 4.42 Å². The van der Waals surface area contributed by atoms with Crippen molar-refractivity contribution in [1.29, 1.82) is 0 Å². The Morgan fingerprint density at radius 2 is 0.860 bits per heavy atom. The van der Waals surface area contributed by atoms with Crippen molar-refractivity contribution in [3.63, 3.8) is 0 Å². The van der Waals surface area contributed by atoms with E-state index in [0.29, 0.717) is 17.5 Å². The Morgan fingerprint density at radius 3 is 1.61 bits per heavy atom. The first kappa shape index (κ1) is 32.7. The lowest BCUT2D eigenvalue weighted by atomic mass is 9.95. The highest BCUT2D eigenvalue weighted by Gasteiger charge is 2.21. The molecular formula is C53H33N3O. The Kier molecular flexibility index (Phi) is 7.78. The standard InChI is InChI=1S/C53H33N3O/c1-4-13-34(14-5-1)42-32-46(36-15-6-2-7-16-36)50-47(33-42)49-45(21-12-22-48(49)57-50)53-55-51(38-18-8-3-9-19-38)54-52(56-53)39-26-23-35(24-27-39)40-29-30-44-41(31-40)28-25-37-17-10-11-20-43(37)44/h1-33H. The van der Waals surface area contributed by atoms with Gasteiger partial charge in [-0.15, -0.1) is 0 Å². The van der Waals surface area contributed by atoms with Gasteiger partial charge in [-0.1, -0.05) is 176 Å². The summed E-state index contributed by atoms with van der Waals surface area (Å²) in [5, 5.41) is 6.98. The highest BCUT2D eigenvalue weighted by atomic mass is 16.3. The van der Waals surface area contributed by atoms with E-state index in [1.165, 1.54) is 21.5 Å². The molecule has 2 heterocycles. The number of furan rings is 1. The maximum atomic E-state index is 6.75. The van der Waals surface area contributed by atoms with Crippen molar-refractivity contribution in [3.05, 3.63) is 200 Å². The van der Waals surface area contributed by atoms with Crippen LogP contribution in [-0.2, 0) is 0 Å². The van der Waals surface area contributed by atoms with Crippen molar-refractivity contribution in [2.45, 2.75) is 0 Å². The second kappa shape index (κ2) is 13.6. The molecule has 2 aromatic heterocycles. The summed E-state index contributed by atoms with van der Waals surface area (Å²) in [5.74, 6) is 1.81. The fraction of sp³-hybridized carbons (Fsp3) is 0. The predicted octanol–water partition coefficient (Wildman–Crippen LogP) is 14.1. The molecule has 0 aliphatic rings. The van der Waals surface area contributed by atoms with E-state index in [1.807, 2.05) is 54.6 Å². The van der Waals surface area contributed by atoms with E-state index in [-0.39, 0.29) is 0 Å². The van der Waals surface area contributed by atoms with Crippen LogP contribution in [0.4, 0.5) is 0 Å². The monoisotopic (exact) mass is 727 g/mol. The zero-order valence-corrected chi connectivity index (χ0v) is 30.8. The van der Waals surface area contributed by atoms with E-state index in [9.17, 15) is 0 Å². The van der Waals surface area contributed by atoms with E-state index >= 15 is 0 Å². The number of rotatable bonds is 6. The summed E-state index contributed by atoms with van der Waals surface area (Å²) in [6, 6.07) is 69.9. The van der Waals surface area contributed by atoms with Gasteiger partial charge in [-0.05, 0) is 73.6 Å². The molecule has 0 saturated heterocycles. The summed E-state index contributed by atoms with van der Waals surface area (Å²) in [7, 11) is 0. The Morgan fingerprint density at radius 1 is 0.298 bits per heavy atom. The van der Waals surface area contributed by atoms with E-state index in [1.54, 1.807) is 0 Å². The molecule has 0 unspecified atom stereocenters. The van der Waals surface area contributed by atoms with Crippen LogP contribution in [0.15, 0.2) is 205 Å². The summed E-state index contributed by atoms with van der Waals surface area (Å²) in [5.41, 5.74) is 11.0. The lowest BCUT2D eigenvalue weighted by Gasteiger charge is -2.11. The number of fused-ring (bicyclic) bond motifs is 6. The minimum Gasteiger partial charge on any atom is -0.455 e. The number of hydrogen-bond donors (Lipinski definition) is 0. The third-order valence-corrected chi connectivity index (χ3v) is 10.9. The van der Waals surface area contributed by atoms with Crippen molar-refractivity contribution in [3.8, 4) is 67.5 Å². The third kappa shape index (κ3) is 5.83. The molecule has 11 rings (SSSR count). The topological polar surface area (TPSA) is 51.8 Å². The number of nitrogens with zero attached hydrogens (tertiary/aromatic N) is 3. The van der Waals surface area contributed by atoms with Gasteiger partial charge in [0.15, 0.2) is 17.5 Å². The third-order valence-electron chi connectivity index (χ3n) is 10.9. The fourth-order valence-electron chi connectivity index (χ4n) is 8.09. The molecule has 0 bridgehead atoms. The molecule has 0 saturated carbocycles. The lowest BCUT2D eigenvalue weighted by molar-refractivity contribution is 0.670. The molecule has 0 aliphatic carbocycles. The molecule has 0 amide bonds. The second-order valence-corrected chi connectivity index (χ2v) is 14.4. The van der Waals surface area contributed by atoms with Crippen molar-refractivity contribution in [1.82, 2.24) is 15.0 Å².